The van der Waals surface area contributed by atoms with Gasteiger partial charge in [0.2, 0.25) is 11.8 Å². The normalized spacial score (nSPS) is 17.2. The molecule has 1 fully saturated rings. The van der Waals surface area contributed by atoms with Crippen LogP contribution in [0.4, 0.5) is 11.4 Å². The Kier molecular flexibility index (Phi) is 7.26. The maximum atomic E-state index is 12.7. The Morgan fingerprint density at radius 2 is 1.91 bits per heavy atom. The monoisotopic (exact) mass is 455 g/mol. The number of nitrogens with one attached hydrogen (secondary N) is 1. The van der Waals surface area contributed by atoms with Gasteiger partial charge in [0, 0.05) is 19.2 Å². The molecule has 1 heterocycles. The number of nitrogens with zero attached hydrogens (tertiary/aromatic N) is 2. The van der Waals surface area contributed by atoms with Crippen LogP contribution in [0.25, 0.3) is 0 Å². The van der Waals surface area contributed by atoms with Gasteiger partial charge in [0.15, 0.2) is 5.17 Å². The number of anilines is 1. The molecule has 0 unspecified atom stereocenters. The standard InChI is InChI=1S/C22H21N3O6S/c1-3-31-21(30)13-7-9-15(10-8-13)24-22-25(2)18(26)12-17(32-22)19(27)23-16-6-4-5-14(11-16)20(28)29/h4-11,17H,3,12H2,1-2H3,(H,23,27)(H,28,29)/t17-/m1/s1. The van der Waals surface area contributed by atoms with Crippen LogP contribution in [0, 0.1) is 0 Å². The van der Waals surface area contributed by atoms with E-state index in [1.807, 2.05) is 0 Å². The Hall–Kier alpha value is -3.66. The number of carboxylic acids is 1. The molecule has 1 saturated heterocycles. The third kappa shape index (κ3) is 5.52. The molecular formula is C22H21N3O6S. The van der Waals surface area contributed by atoms with Crippen LogP contribution in [0.3, 0.4) is 0 Å². The molecular weight excluding hydrogens is 434 g/mol. The van der Waals surface area contributed by atoms with Gasteiger partial charge in [-0.3, -0.25) is 14.5 Å². The van der Waals surface area contributed by atoms with Crippen LogP contribution in [0.5, 0.6) is 0 Å². The molecule has 2 aromatic rings. The fraction of sp³-hybridized carbons (Fsp3) is 0.227. The van der Waals surface area contributed by atoms with Gasteiger partial charge in [0.1, 0.15) is 5.25 Å². The van der Waals surface area contributed by atoms with E-state index in [1.54, 1.807) is 44.3 Å². The Bertz CT molecular complexity index is 1080. The summed E-state index contributed by atoms with van der Waals surface area (Å²) in [6.45, 7) is 2.00. The summed E-state index contributed by atoms with van der Waals surface area (Å²) in [5.74, 6) is -2.24. The van der Waals surface area contributed by atoms with Gasteiger partial charge >= 0.3 is 11.9 Å². The number of aliphatic imine (C=N–C) groups is 1. The van der Waals surface area contributed by atoms with Crippen molar-refractivity contribution in [1.82, 2.24) is 4.90 Å². The molecule has 0 aliphatic carbocycles. The van der Waals surface area contributed by atoms with Crippen molar-refractivity contribution in [2.45, 2.75) is 18.6 Å². The highest BCUT2D eigenvalue weighted by atomic mass is 32.2. The van der Waals surface area contributed by atoms with Gasteiger partial charge < -0.3 is 15.2 Å². The number of carbonyl (C=O) groups excluding carboxylic acids is 3. The molecule has 0 bridgehead atoms. The molecule has 0 spiro atoms. The average Bonchev–Trinajstić information content (AvgIpc) is 2.77. The van der Waals surface area contributed by atoms with Crippen molar-refractivity contribution >= 4 is 52.1 Å². The molecule has 1 atom stereocenters. The lowest BCUT2D eigenvalue weighted by atomic mass is 10.2. The van der Waals surface area contributed by atoms with Crippen molar-refractivity contribution < 1.29 is 29.0 Å². The van der Waals surface area contributed by atoms with E-state index in [1.165, 1.54) is 23.1 Å². The largest absolute Gasteiger partial charge is 0.478 e. The number of ether oxygens (including phenoxy) is 1. The van der Waals surface area contributed by atoms with Crippen LogP contribution in [0.2, 0.25) is 0 Å². The second-order valence-electron chi connectivity index (χ2n) is 6.80. The molecule has 10 heteroatoms. The molecule has 2 aromatic carbocycles. The van der Waals surface area contributed by atoms with E-state index in [0.29, 0.717) is 22.1 Å². The first kappa shape index (κ1) is 23.0. The summed E-state index contributed by atoms with van der Waals surface area (Å²) >= 11 is 1.13. The Labute approximate surface area is 188 Å². The number of carbonyl (C=O) groups is 4. The molecule has 1 aliphatic heterocycles. The van der Waals surface area contributed by atoms with Crippen LogP contribution in [-0.4, -0.2) is 57.8 Å². The Morgan fingerprint density at radius 1 is 1.19 bits per heavy atom. The van der Waals surface area contributed by atoms with E-state index in [-0.39, 0.29) is 24.5 Å². The highest BCUT2D eigenvalue weighted by Gasteiger charge is 2.34. The third-order valence-corrected chi connectivity index (χ3v) is 5.78. The maximum absolute atomic E-state index is 12.7. The second kappa shape index (κ2) is 10.1. The fourth-order valence-corrected chi connectivity index (χ4v) is 3.91. The highest BCUT2D eigenvalue weighted by Crippen LogP contribution is 2.29. The molecule has 0 radical (unpaired) electrons. The molecule has 9 nitrogen and oxygen atoms in total. The van der Waals surface area contributed by atoms with Gasteiger partial charge in [-0.25, -0.2) is 14.6 Å². The van der Waals surface area contributed by atoms with E-state index < -0.39 is 23.1 Å². The number of esters is 1. The molecule has 2 amide bonds. The molecule has 2 N–H and O–H groups in total. The number of aromatic carboxylic acids is 1. The van der Waals surface area contributed by atoms with Crippen LogP contribution in [-0.2, 0) is 14.3 Å². The maximum Gasteiger partial charge on any atom is 0.338 e. The lowest BCUT2D eigenvalue weighted by Crippen LogP contribution is -2.43. The van der Waals surface area contributed by atoms with Crippen molar-refractivity contribution in [3.63, 3.8) is 0 Å². The highest BCUT2D eigenvalue weighted by molar-refractivity contribution is 8.15. The molecule has 1 aliphatic rings. The number of hydrogen-bond donors (Lipinski definition) is 2. The quantitative estimate of drug-likeness (QED) is 0.641. The first-order chi connectivity index (χ1) is 15.3. The van der Waals surface area contributed by atoms with Crippen molar-refractivity contribution in [3.8, 4) is 0 Å². The van der Waals surface area contributed by atoms with Crippen molar-refractivity contribution in [2.75, 3.05) is 19.0 Å². The van der Waals surface area contributed by atoms with Gasteiger partial charge in [-0.15, -0.1) is 0 Å². The van der Waals surface area contributed by atoms with Gasteiger partial charge in [-0.05, 0) is 49.4 Å². The summed E-state index contributed by atoms with van der Waals surface area (Å²) in [4.78, 5) is 53.9. The number of amidine groups is 1. The number of amides is 2. The van der Waals surface area contributed by atoms with Crippen molar-refractivity contribution in [2.24, 2.45) is 4.99 Å². The average molecular weight is 455 g/mol. The number of rotatable bonds is 6. The SMILES string of the molecule is CCOC(=O)c1ccc(N=C2S[C@@H](C(=O)Nc3cccc(C(=O)O)c3)CC(=O)N2C)cc1. The molecule has 0 saturated carbocycles. The van der Waals surface area contributed by atoms with Crippen LogP contribution in [0.1, 0.15) is 34.1 Å². The Balaban J connectivity index is 1.75. The topological polar surface area (TPSA) is 125 Å². The smallest absolute Gasteiger partial charge is 0.338 e. The Morgan fingerprint density at radius 3 is 2.56 bits per heavy atom. The minimum Gasteiger partial charge on any atom is -0.478 e. The van der Waals surface area contributed by atoms with Gasteiger partial charge in [0.05, 0.1) is 23.4 Å². The lowest BCUT2D eigenvalue weighted by molar-refractivity contribution is -0.128. The zero-order valence-electron chi connectivity index (χ0n) is 17.4. The van der Waals surface area contributed by atoms with Crippen molar-refractivity contribution in [3.05, 3.63) is 59.7 Å². The number of carboxylic acid groups (broad SMARTS) is 1. The minimum atomic E-state index is -1.10. The van der Waals surface area contributed by atoms with Crippen LogP contribution >= 0.6 is 11.8 Å². The summed E-state index contributed by atoms with van der Waals surface area (Å²) in [6, 6.07) is 12.3. The third-order valence-electron chi connectivity index (χ3n) is 4.54. The number of benzene rings is 2. The second-order valence-corrected chi connectivity index (χ2v) is 7.97. The first-order valence-electron chi connectivity index (χ1n) is 9.71. The number of hydrogen-bond acceptors (Lipinski definition) is 7. The zero-order chi connectivity index (χ0) is 23.3. The van der Waals surface area contributed by atoms with E-state index >= 15 is 0 Å². The van der Waals surface area contributed by atoms with Crippen LogP contribution in [0.15, 0.2) is 53.5 Å². The van der Waals surface area contributed by atoms with Gasteiger partial charge in [-0.1, -0.05) is 17.8 Å². The van der Waals surface area contributed by atoms with E-state index in [0.717, 1.165) is 11.8 Å². The minimum absolute atomic E-state index is 0.0214. The summed E-state index contributed by atoms with van der Waals surface area (Å²) in [6.07, 6.45) is -0.0214. The van der Waals surface area contributed by atoms with E-state index in [9.17, 15) is 19.2 Å². The zero-order valence-corrected chi connectivity index (χ0v) is 18.2. The first-order valence-corrected chi connectivity index (χ1v) is 10.6. The predicted octanol–water partition coefficient (Wildman–Crippen LogP) is 3.15. The van der Waals surface area contributed by atoms with Gasteiger partial charge in [0.25, 0.3) is 0 Å². The van der Waals surface area contributed by atoms with E-state index in [2.05, 4.69) is 10.3 Å². The summed E-state index contributed by atoms with van der Waals surface area (Å²) in [5.41, 5.74) is 1.27. The summed E-state index contributed by atoms with van der Waals surface area (Å²) in [5, 5.41) is 11.4. The molecule has 3 rings (SSSR count). The summed E-state index contributed by atoms with van der Waals surface area (Å²) < 4.78 is 4.95. The molecule has 166 valence electrons. The predicted molar refractivity (Wildman–Crippen MR) is 120 cm³/mol. The lowest BCUT2D eigenvalue weighted by Gasteiger charge is -2.28. The van der Waals surface area contributed by atoms with E-state index in [4.69, 9.17) is 9.84 Å². The number of thioether (sulfide) groups is 1. The van der Waals surface area contributed by atoms with Crippen LogP contribution < -0.4 is 5.32 Å². The van der Waals surface area contributed by atoms with Gasteiger partial charge in [-0.2, -0.15) is 0 Å². The molecule has 32 heavy (non-hydrogen) atoms. The van der Waals surface area contributed by atoms with Crippen molar-refractivity contribution in [1.29, 1.82) is 0 Å². The fourth-order valence-electron chi connectivity index (χ4n) is 2.85. The summed E-state index contributed by atoms with van der Waals surface area (Å²) in [7, 11) is 1.58. The molecule has 0 aromatic heterocycles.